The van der Waals surface area contributed by atoms with Gasteiger partial charge in [0.15, 0.2) is 0 Å². The zero-order valence-corrected chi connectivity index (χ0v) is 9.12. The molecule has 1 saturated heterocycles. The second kappa shape index (κ2) is 5.17. The van der Waals surface area contributed by atoms with E-state index >= 15 is 0 Å². The van der Waals surface area contributed by atoms with Gasteiger partial charge in [-0.3, -0.25) is 9.69 Å². The fourth-order valence-corrected chi connectivity index (χ4v) is 1.97. The topological polar surface area (TPSA) is 20.3 Å². The van der Waals surface area contributed by atoms with Gasteiger partial charge in [-0.25, -0.2) is 0 Å². The van der Waals surface area contributed by atoms with Crippen molar-refractivity contribution in [2.24, 2.45) is 5.92 Å². The second-order valence-corrected chi connectivity index (χ2v) is 4.08. The largest absolute Gasteiger partial charge is 0.299 e. The molecule has 0 bridgehead atoms. The van der Waals surface area contributed by atoms with Crippen LogP contribution in [-0.2, 0) is 4.79 Å². The summed E-state index contributed by atoms with van der Waals surface area (Å²) in [6.45, 7) is 5.82. The predicted octanol–water partition coefficient (Wildman–Crippen LogP) is 1.70. The van der Waals surface area contributed by atoms with E-state index in [1.165, 1.54) is 0 Å². The summed E-state index contributed by atoms with van der Waals surface area (Å²) < 4.78 is 0. The highest BCUT2D eigenvalue weighted by Crippen LogP contribution is 2.16. The molecule has 0 spiro atoms. The van der Waals surface area contributed by atoms with E-state index in [0.717, 1.165) is 25.9 Å². The number of terminal acetylenes is 1. The molecule has 78 valence electrons. The Morgan fingerprint density at radius 1 is 1.71 bits per heavy atom. The number of likely N-dealkylation sites (tertiary alicyclic amines) is 1. The highest BCUT2D eigenvalue weighted by molar-refractivity contribution is 5.81. The van der Waals surface area contributed by atoms with Crippen LogP contribution in [0.1, 0.15) is 33.1 Å². The molecule has 0 aromatic rings. The summed E-state index contributed by atoms with van der Waals surface area (Å²) in [6, 6.07) is 0.232. The van der Waals surface area contributed by atoms with Crippen LogP contribution < -0.4 is 0 Å². The molecule has 1 fully saturated rings. The van der Waals surface area contributed by atoms with Crippen LogP contribution in [-0.4, -0.2) is 29.8 Å². The summed E-state index contributed by atoms with van der Waals surface area (Å²) in [5.74, 6) is 3.37. The van der Waals surface area contributed by atoms with Crippen molar-refractivity contribution in [1.29, 1.82) is 0 Å². The van der Waals surface area contributed by atoms with Gasteiger partial charge in [-0.15, -0.1) is 6.42 Å². The molecule has 0 amide bonds. The highest BCUT2D eigenvalue weighted by Gasteiger charge is 2.26. The van der Waals surface area contributed by atoms with Crippen LogP contribution in [0, 0.1) is 18.3 Å². The molecule has 0 aromatic heterocycles. The van der Waals surface area contributed by atoms with E-state index in [9.17, 15) is 4.79 Å². The summed E-state index contributed by atoms with van der Waals surface area (Å²) in [5, 5.41) is 0. The van der Waals surface area contributed by atoms with Crippen LogP contribution in [0.25, 0.3) is 0 Å². The van der Waals surface area contributed by atoms with Crippen LogP contribution in [0.2, 0.25) is 0 Å². The average molecular weight is 193 g/mol. The van der Waals surface area contributed by atoms with E-state index in [0.29, 0.717) is 12.2 Å². The zero-order valence-electron chi connectivity index (χ0n) is 9.12. The molecule has 2 atom stereocenters. The Balaban J connectivity index is 2.52. The maximum absolute atomic E-state index is 11.3. The van der Waals surface area contributed by atoms with Gasteiger partial charge in [0.05, 0.1) is 6.04 Å². The van der Waals surface area contributed by atoms with Gasteiger partial charge in [0, 0.05) is 25.4 Å². The van der Waals surface area contributed by atoms with E-state index in [4.69, 9.17) is 6.42 Å². The average Bonchev–Trinajstić information content (AvgIpc) is 2.19. The van der Waals surface area contributed by atoms with Crippen LogP contribution in [0.5, 0.6) is 0 Å². The smallest absolute Gasteiger partial charge is 0.138 e. The Kier molecular flexibility index (Phi) is 4.16. The molecule has 0 aromatic carbocycles. The van der Waals surface area contributed by atoms with Crippen molar-refractivity contribution in [2.45, 2.75) is 39.2 Å². The molecule has 14 heavy (non-hydrogen) atoms. The highest BCUT2D eigenvalue weighted by atomic mass is 16.1. The first kappa shape index (κ1) is 11.3. The lowest BCUT2D eigenvalue weighted by molar-refractivity contribution is -0.125. The molecule has 1 aliphatic rings. The third-order valence-electron chi connectivity index (χ3n) is 2.90. The van der Waals surface area contributed by atoms with Gasteiger partial charge >= 0.3 is 0 Å². The lowest BCUT2D eigenvalue weighted by atomic mass is 9.96. The lowest BCUT2D eigenvalue weighted by Gasteiger charge is -2.33. The quantitative estimate of drug-likeness (QED) is 0.636. The Bertz CT molecular complexity index is 241. The van der Waals surface area contributed by atoms with Crippen molar-refractivity contribution < 1.29 is 4.79 Å². The number of hydrogen-bond acceptors (Lipinski definition) is 2. The molecule has 0 N–H and O–H groups in total. The van der Waals surface area contributed by atoms with Gasteiger partial charge in [0.1, 0.15) is 5.78 Å². The maximum Gasteiger partial charge on any atom is 0.138 e. The summed E-state index contributed by atoms with van der Waals surface area (Å²) in [4.78, 5) is 13.6. The number of ketones is 1. The molecule has 2 unspecified atom stereocenters. The third-order valence-corrected chi connectivity index (χ3v) is 2.90. The summed E-state index contributed by atoms with van der Waals surface area (Å²) in [6.07, 6.45) is 8.31. The zero-order chi connectivity index (χ0) is 10.6. The number of nitrogens with zero attached hydrogens (tertiary/aromatic N) is 1. The maximum atomic E-state index is 11.3. The van der Waals surface area contributed by atoms with E-state index in [1.807, 2.05) is 6.92 Å². The van der Waals surface area contributed by atoms with Gasteiger partial charge in [0.2, 0.25) is 0 Å². The minimum Gasteiger partial charge on any atom is -0.299 e. The monoisotopic (exact) mass is 193 g/mol. The Labute approximate surface area is 86.7 Å². The van der Waals surface area contributed by atoms with E-state index in [-0.39, 0.29) is 12.0 Å². The standard InChI is InChI=1S/C12H19NO/c1-4-6-11(5-2)13-8-7-12(14)10(3)9-13/h2,10-11H,4,6-9H2,1,3H3. The molecule has 2 heteroatoms. The van der Waals surface area contributed by atoms with Crippen LogP contribution in [0.4, 0.5) is 0 Å². The van der Waals surface area contributed by atoms with Gasteiger partial charge in [-0.05, 0) is 6.42 Å². The number of piperidine rings is 1. The fraction of sp³-hybridized carbons (Fsp3) is 0.750. The van der Waals surface area contributed by atoms with Crippen LogP contribution in [0.3, 0.4) is 0 Å². The van der Waals surface area contributed by atoms with Crippen molar-refractivity contribution in [1.82, 2.24) is 4.90 Å². The summed E-state index contributed by atoms with van der Waals surface area (Å²) >= 11 is 0. The SMILES string of the molecule is C#CC(CCC)N1CCC(=O)C(C)C1. The second-order valence-electron chi connectivity index (χ2n) is 4.08. The van der Waals surface area contributed by atoms with E-state index < -0.39 is 0 Å². The van der Waals surface area contributed by atoms with Gasteiger partial charge in [-0.1, -0.05) is 26.2 Å². The van der Waals surface area contributed by atoms with Gasteiger partial charge in [-0.2, -0.15) is 0 Å². The van der Waals surface area contributed by atoms with Gasteiger partial charge < -0.3 is 0 Å². The summed E-state index contributed by atoms with van der Waals surface area (Å²) in [5.41, 5.74) is 0. The molecule has 1 heterocycles. The first-order chi connectivity index (χ1) is 6.69. The molecule has 0 saturated carbocycles. The number of hydrogen-bond donors (Lipinski definition) is 0. The molecule has 1 rings (SSSR count). The molecular weight excluding hydrogens is 174 g/mol. The van der Waals surface area contributed by atoms with Gasteiger partial charge in [0.25, 0.3) is 0 Å². The number of carbonyl (C=O) groups excluding carboxylic acids is 1. The minimum atomic E-state index is 0.163. The number of rotatable bonds is 3. The molecule has 2 nitrogen and oxygen atoms in total. The first-order valence-electron chi connectivity index (χ1n) is 5.42. The minimum absolute atomic E-state index is 0.163. The molecule has 0 radical (unpaired) electrons. The van der Waals surface area contributed by atoms with Crippen molar-refractivity contribution in [3.63, 3.8) is 0 Å². The van der Waals surface area contributed by atoms with Crippen molar-refractivity contribution in [3.8, 4) is 12.3 Å². The Morgan fingerprint density at radius 3 is 2.93 bits per heavy atom. The molecule has 1 aliphatic heterocycles. The van der Waals surface area contributed by atoms with Crippen molar-refractivity contribution in [3.05, 3.63) is 0 Å². The van der Waals surface area contributed by atoms with Crippen molar-refractivity contribution >= 4 is 5.78 Å². The van der Waals surface area contributed by atoms with E-state index in [1.54, 1.807) is 0 Å². The Morgan fingerprint density at radius 2 is 2.43 bits per heavy atom. The third kappa shape index (κ3) is 2.59. The summed E-state index contributed by atoms with van der Waals surface area (Å²) in [7, 11) is 0. The molecule has 0 aliphatic carbocycles. The fourth-order valence-electron chi connectivity index (χ4n) is 1.97. The van der Waals surface area contributed by atoms with Crippen LogP contribution in [0.15, 0.2) is 0 Å². The predicted molar refractivity (Wildman–Crippen MR) is 57.9 cm³/mol. The van der Waals surface area contributed by atoms with Crippen LogP contribution >= 0.6 is 0 Å². The first-order valence-corrected chi connectivity index (χ1v) is 5.42. The number of Topliss-reactive ketones (excluding diaryl/α,β-unsaturated/α-hetero) is 1. The number of carbonyl (C=O) groups is 1. The normalized spacial score (nSPS) is 25.8. The van der Waals surface area contributed by atoms with Crippen molar-refractivity contribution in [2.75, 3.05) is 13.1 Å². The van der Waals surface area contributed by atoms with E-state index in [2.05, 4.69) is 17.7 Å². The molecular formula is C12H19NO. The Hall–Kier alpha value is -0.810. The lowest BCUT2D eigenvalue weighted by Crippen LogP contribution is -2.44.